The van der Waals surface area contributed by atoms with E-state index in [1.807, 2.05) is 19.1 Å². The first-order valence-corrected chi connectivity index (χ1v) is 7.94. The number of hydroxylamine groups is 1. The molecule has 0 fully saturated rings. The third-order valence-electron chi connectivity index (χ3n) is 4.07. The van der Waals surface area contributed by atoms with Crippen molar-refractivity contribution in [2.75, 3.05) is 11.9 Å². The standard InChI is InChI=1S/C18H19N3O4/c1-11(12-2-4-13(5-3-12)17(22)21-24)19-18(23)20-15-6-7-16-14(10-15)8-9-25-16/h2-7,10-11,24H,8-9H2,1H3,(H,21,22)(H2,19,20,23). The smallest absolute Gasteiger partial charge is 0.319 e. The van der Waals surface area contributed by atoms with Gasteiger partial charge in [0, 0.05) is 17.7 Å². The lowest BCUT2D eigenvalue weighted by atomic mass is 10.1. The van der Waals surface area contributed by atoms with Crippen LogP contribution in [-0.2, 0) is 6.42 Å². The molecule has 0 saturated heterocycles. The fourth-order valence-electron chi connectivity index (χ4n) is 2.70. The van der Waals surface area contributed by atoms with Crippen LogP contribution in [0.3, 0.4) is 0 Å². The van der Waals surface area contributed by atoms with Crippen molar-refractivity contribution in [3.63, 3.8) is 0 Å². The number of hydrogen-bond acceptors (Lipinski definition) is 4. The van der Waals surface area contributed by atoms with Gasteiger partial charge in [0.05, 0.1) is 12.6 Å². The van der Waals surface area contributed by atoms with Crippen LogP contribution in [0.1, 0.15) is 34.5 Å². The Morgan fingerprint density at radius 3 is 2.64 bits per heavy atom. The minimum Gasteiger partial charge on any atom is -0.493 e. The number of urea groups is 1. The fourth-order valence-corrected chi connectivity index (χ4v) is 2.70. The van der Waals surface area contributed by atoms with E-state index in [-0.39, 0.29) is 12.1 Å². The highest BCUT2D eigenvalue weighted by Crippen LogP contribution is 2.27. The molecule has 2 aromatic rings. The third kappa shape index (κ3) is 3.89. The maximum atomic E-state index is 12.2. The van der Waals surface area contributed by atoms with Crippen molar-refractivity contribution < 1.29 is 19.5 Å². The van der Waals surface area contributed by atoms with E-state index in [4.69, 9.17) is 9.94 Å². The Balaban J connectivity index is 1.59. The molecule has 1 aliphatic heterocycles. The molecule has 0 aliphatic carbocycles. The number of nitrogens with one attached hydrogen (secondary N) is 3. The van der Waals surface area contributed by atoms with E-state index >= 15 is 0 Å². The summed E-state index contributed by atoms with van der Waals surface area (Å²) in [5, 5.41) is 14.3. The lowest BCUT2D eigenvalue weighted by Gasteiger charge is -2.15. The van der Waals surface area contributed by atoms with E-state index in [2.05, 4.69) is 10.6 Å². The van der Waals surface area contributed by atoms with Gasteiger partial charge in [-0.2, -0.15) is 0 Å². The van der Waals surface area contributed by atoms with Gasteiger partial charge in [-0.3, -0.25) is 10.0 Å². The molecule has 3 amide bonds. The van der Waals surface area contributed by atoms with Gasteiger partial charge < -0.3 is 15.4 Å². The van der Waals surface area contributed by atoms with E-state index in [0.29, 0.717) is 17.9 Å². The lowest BCUT2D eigenvalue weighted by molar-refractivity contribution is 0.0706. The number of rotatable bonds is 4. The minimum atomic E-state index is -0.578. The molecule has 1 aliphatic rings. The molecule has 25 heavy (non-hydrogen) atoms. The number of fused-ring (bicyclic) bond motifs is 1. The normalized spacial score (nSPS) is 13.4. The van der Waals surface area contributed by atoms with Crippen molar-refractivity contribution in [3.05, 3.63) is 59.2 Å². The van der Waals surface area contributed by atoms with Gasteiger partial charge in [-0.25, -0.2) is 10.3 Å². The van der Waals surface area contributed by atoms with E-state index in [1.165, 1.54) is 0 Å². The van der Waals surface area contributed by atoms with Crippen LogP contribution in [0.4, 0.5) is 10.5 Å². The fraction of sp³-hybridized carbons (Fsp3) is 0.222. The van der Waals surface area contributed by atoms with E-state index < -0.39 is 5.91 Å². The van der Waals surface area contributed by atoms with Crippen LogP contribution >= 0.6 is 0 Å². The van der Waals surface area contributed by atoms with Crippen molar-refractivity contribution in [1.82, 2.24) is 10.8 Å². The summed E-state index contributed by atoms with van der Waals surface area (Å²) in [6.45, 7) is 2.52. The SMILES string of the molecule is CC(NC(=O)Nc1ccc2c(c1)CCO2)c1ccc(C(=O)NO)cc1. The highest BCUT2D eigenvalue weighted by Gasteiger charge is 2.14. The zero-order valence-electron chi connectivity index (χ0n) is 13.7. The van der Waals surface area contributed by atoms with Crippen LogP contribution < -0.4 is 20.9 Å². The molecule has 7 nitrogen and oxygen atoms in total. The minimum absolute atomic E-state index is 0.246. The lowest BCUT2D eigenvalue weighted by Crippen LogP contribution is -2.31. The Kier molecular flexibility index (Phi) is 4.85. The number of amides is 3. The Bertz CT molecular complexity index is 789. The number of anilines is 1. The molecule has 4 N–H and O–H groups in total. The summed E-state index contributed by atoms with van der Waals surface area (Å²) in [7, 11) is 0. The van der Waals surface area contributed by atoms with Gasteiger partial charge in [0.15, 0.2) is 0 Å². The molecular weight excluding hydrogens is 322 g/mol. The largest absolute Gasteiger partial charge is 0.493 e. The van der Waals surface area contributed by atoms with Gasteiger partial charge in [0.1, 0.15) is 5.75 Å². The van der Waals surface area contributed by atoms with E-state index in [1.54, 1.807) is 35.8 Å². The second kappa shape index (κ2) is 7.23. The summed E-state index contributed by atoms with van der Waals surface area (Å²) >= 11 is 0. The molecule has 7 heteroatoms. The van der Waals surface area contributed by atoms with E-state index in [0.717, 1.165) is 23.3 Å². The number of ether oxygens (including phenoxy) is 1. The molecule has 0 spiro atoms. The Morgan fingerprint density at radius 2 is 1.92 bits per heavy atom. The highest BCUT2D eigenvalue weighted by molar-refractivity contribution is 5.93. The van der Waals surface area contributed by atoms with Crippen molar-refractivity contribution in [2.45, 2.75) is 19.4 Å². The second-order valence-electron chi connectivity index (χ2n) is 5.80. The molecule has 3 rings (SSSR count). The van der Waals surface area contributed by atoms with Crippen molar-refractivity contribution in [3.8, 4) is 5.75 Å². The number of benzene rings is 2. The zero-order valence-corrected chi connectivity index (χ0v) is 13.7. The Morgan fingerprint density at radius 1 is 1.16 bits per heavy atom. The molecule has 0 aromatic heterocycles. The predicted molar refractivity (Wildman–Crippen MR) is 91.9 cm³/mol. The van der Waals surface area contributed by atoms with Gasteiger partial charge in [-0.1, -0.05) is 12.1 Å². The second-order valence-corrected chi connectivity index (χ2v) is 5.80. The molecule has 130 valence electrons. The Hall–Kier alpha value is -3.06. The van der Waals surface area contributed by atoms with Crippen LogP contribution in [0.2, 0.25) is 0 Å². The van der Waals surface area contributed by atoms with Crippen LogP contribution in [0.5, 0.6) is 5.75 Å². The number of carbonyl (C=O) groups excluding carboxylic acids is 2. The summed E-state index contributed by atoms with van der Waals surface area (Å²) in [6, 6.07) is 11.6. The van der Waals surface area contributed by atoms with Crippen molar-refractivity contribution >= 4 is 17.6 Å². The monoisotopic (exact) mass is 341 g/mol. The number of hydrogen-bond donors (Lipinski definition) is 4. The molecule has 0 saturated carbocycles. The first kappa shape index (κ1) is 16.8. The summed E-state index contributed by atoms with van der Waals surface area (Å²) in [5.74, 6) is 0.289. The summed E-state index contributed by atoms with van der Waals surface area (Å²) in [4.78, 5) is 23.5. The topological polar surface area (TPSA) is 99.7 Å². The van der Waals surface area contributed by atoms with Gasteiger partial charge in [0.2, 0.25) is 0 Å². The quantitative estimate of drug-likeness (QED) is 0.507. The Labute approximate surface area is 145 Å². The zero-order chi connectivity index (χ0) is 17.8. The van der Waals surface area contributed by atoms with E-state index in [9.17, 15) is 9.59 Å². The summed E-state index contributed by atoms with van der Waals surface area (Å²) < 4.78 is 5.44. The van der Waals surface area contributed by atoms with Gasteiger partial charge in [-0.15, -0.1) is 0 Å². The van der Waals surface area contributed by atoms with Crippen LogP contribution in [-0.4, -0.2) is 23.8 Å². The maximum Gasteiger partial charge on any atom is 0.319 e. The molecule has 0 bridgehead atoms. The molecule has 1 heterocycles. The van der Waals surface area contributed by atoms with Crippen molar-refractivity contribution in [1.29, 1.82) is 0 Å². The molecule has 2 aromatic carbocycles. The average molecular weight is 341 g/mol. The molecule has 1 unspecified atom stereocenters. The van der Waals surface area contributed by atoms with Gasteiger partial charge in [0.25, 0.3) is 5.91 Å². The van der Waals surface area contributed by atoms with Crippen LogP contribution in [0.25, 0.3) is 0 Å². The van der Waals surface area contributed by atoms with Crippen LogP contribution in [0.15, 0.2) is 42.5 Å². The average Bonchev–Trinajstić information content (AvgIpc) is 3.08. The highest BCUT2D eigenvalue weighted by atomic mass is 16.5. The maximum absolute atomic E-state index is 12.2. The molecular formula is C18H19N3O4. The van der Waals surface area contributed by atoms with Crippen LogP contribution in [0, 0.1) is 0 Å². The van der Waals surface area contributed by atoms with Gasteiger partial charge >= 0.3 is 6.03 Å². The first-order valence-electron chi connectivity index (χ1n) is 7.94. The summed E-state index contributed by atoms with van der Waals surface area (Å²) in [5.41, 5.74) is 4.55. The third-order valence-corrected chi connectivity index (χ3v) is 4.07. The molecule has 1 atom stereocenters. The first-order chi connectivity index (χ1) is 12.1. The predicted octanol–water partition coefficient (Wildman–Crippen LogP) is 2.62. The summed E-state index contributed by atoms with van der Waals surface area (Å²) in [6.07, 6.45) is 0.844. The van der Waals surface area contributed by atoms with Gasteiger partial charge in [-0.05, 0) is 48.4 Å². The number of carbonyl (C=O) groups is 2. The van der Waals surface area contributed by atoms with Crippen molar-refractivity contribution in [2.24, 2.45) is 0 Å². The molecule has 0 radical (unpaired) electrons.